The Morgan fingerprint density at radius 1 is 0.844 bits per heavy atom. The summed E-state index contributed by atoms with van der Waals surface area (Å²) < 4.78 is 0. The maximum Gasteiger partial charge on any atom is 0.136 e. The van der Waals surface area contributed by atoms with Crippen molar-refractivity contribution in [3.8, 4) is 0 Å². The van der Waals surface area contributed by atoms with Crippen molar-refractivity contribution in [1.29, 1.82) is 0 Å². The summed E-state index contributed by atoms with van der Waals surface area (Å²) in [5, 5.41) is 5.69. The Labute approximate surface area is 200 Å². The molecule has 8 heteroatoms. The van der Waals surface area contributed by atoms with E-state index in [1.165, 1.54) is 70.6 Å². The number of nitrogens with zero attached hydrogens (tertiary/aromatic N) is 3. The molecule has 5 rings (SSSR count). The van der Waals surface area contributed by atoms with Crippen molar-refractivity contribution in [3.05, 3.63) is 0 Å². The van der Waals surface area contributed by atoms with Gasteiger partial charge in [0, 0.05) is 24.2 Å². The molecule has 3 saturated heterocycles. The van der Waals surface area contributed by atoms with Crippen molar-refractivity contribution in [3.63, 3.8) is 0 Å². The van der Waals surface area contributed by atoms with Crippen LogP contribution in [0.15, 0.2) is 0 Å². The van der Waals surface area contributed by atoms with Gasteiger partial charge in [0.2, 0.25) is 0 Å². The van der Waals surface area contributed by atoms with E-state index in [4.69, 9.17) is 0 Å². The van der Waals surface area contributed by atoms with Gasteiger partial charge in [0.15, 0.2) is 0 Å². The Morgan fingerprint density at radius 3 is 2.31 bits per heavy atom. The van der Waals surface area contributed by atoms with Crippen LogP contribution in [0.25, 0.3) is 0 Å². The smallest absolute Gasteiger partial charge is 0.136 e. The topological polar surface area (TPSA) is 57.8 Å². The first-order valence-electron chi connectivity index (χ1n) is 13.4. The lowest BCUT2D eigenvalue weighted by atomic mass is 9.85. The molecule has 184 valence electrons. The van der Waals surface area contributed by atoms with Crippen LogP contribution in [0.4, 0.5) is 0 Å². The van der Waals surface area contributed by atoms with Gasteiger partial charge < -0.3 is 4.90 Å². The molecule has 4 N–H and O–H groups in total. The van der Waals surface area contributed by atoms with E-state index in [0.29, 0.717) is 29.1 Å². The SMILES string of the molecule is CC1NN(C2CCCCC2)C(C)C1CCC1NNC2SC(C3CCC(N(C)C)CC3)NN12. The first-order valence-corrected chi connectivity index (χ1v) is 14.4. The van der Waals surface area contributed by atoms with Crippen LogP contribution in [-0.2, 0) is 0 Å². The largest absolute Gasteiger partial charge is 0.306 e. The highest BCUT2D eigenvalue weighted by atomic mass is 32.2. The molecule has 0 aromatic rings. The second kappa shape index (κ2) is 10.4. The number of hydrogen-bond donors (Lipinski definition) is 4. The van der Waals surface area contributed by atoms with Gasteiger partial charge in [0.05, 0.1) is 11.5 Å². The third kappa shape index (κ3) is 4.89. The molecule has 2 saturated carbocycles. The first-order chi connectivity index (χ1) is 15.5. The molecular weight excluding hydrogens is 418 g/mol. The highest BCUT2D eigenvalue weighted by molar-refractivity contribution is 8.00. The summed E-state index contributed by atoms with van der Waals surface area (Å²) >= 11 is 2.09. The van der Waals surface area contributed by atoms with Crippen LogP contribution in [0.5, 0.6) is 0 Å². The number of hydrazine groups is 3. The monoisotopic (exact) mass is 465 g/mol. The van der Waals surface area contributed by atoms with Gasteiger partial charge in [-0.05, 0) is 91.1 Å². The Morgan fingerprint density at radius 2 is 1.59 bits per heavy atom. The van der Waals surface area contributed by atoms with Crippen LogP contribution >= 0.6 is 11.8 Å². The van der Waals surface area contributed by atoms with Crippen molar-refractivity contribution in [1.82, 2.24) is 36.6 Å². The van der Waals surface area contributed by atoms with Crippen molar-refractivity contribution in [2.75, 3.05) is 14.1 Å². The van der Waals surface area contributed by atoms with Crippen molar-refractivity contribution in [2.45, 2.75) is 126 Å². The third-order valence-electron chi connectivity index (χ3n) is 9.21. The van der Waals surface area contributed by atoms with Crippen LogP contribution in [0, 0.1) is 11.8 Å². The van der Waals surface area contributed by atoms with Crippen molar-refractivity contribution in [2.24, 2.45) is 11.8 Å². The lowest BCUT2D eigenvalue weighted by molar-refractivity contribution is 0.0849. The van der Waals surface area contributed by atoms with Crippen molar-refractivity contribution < 1.29 is 0 Å². The standard InChI is InChI=1S/C24H47N7S/c1-16-21(17(2)30(27-16)20-8-6-5-7-9-20)14-15-22-25-26-24-31(22)28-23(32-24)18-10-12-19(13-11-18)29(3)4/h16-28H,5-15H2,1-4H3. The molecule has 3 aliphatic heterocycles. The van der Waals surface area contributed by atoms with Crippen LogP contribution in [-0.4, -0.2) is 70.2 Å². The van der Waals surface area contributed by atoms with E-state index >= 15 is 0 Å². The minimum absolute atomic E-state index is 0.367. The van der Waals surface area contributed by atoms with E-state index < -0.39 is 0 Å². The minimum Gasteiger partial charge on any atom is -0.306 e. The highest BCUT2D eigenvalue weighted by Crippen LogP contribution is 2.40. The lowest BCUT2D eigenvalue weighted by Crippen LogP contribution is -2.48. The fraction of sp³-hybridized carbons (Fsp3) is 1.00. The minimum atomic E-state index is 0.367. The first kappa shape index (κ1) is 23.8. The van der Waals surface area contributed by atoms with Crippen LogP contribution < -0.4 is 21.7 Å². The van der Waals surface area contributed by atoms with Gasteiger partial charge in [-0.1, -0.05) is 19.3 Å². The molecule has 32 heavy (non-hydrogen) atoms. The van der Waals surface area contributed by atoms with Crippen LogP contribution in [0.3, 0.4) is 0 Å². The Bertz CT molecular complexity index is 607. The number of nitrogens with one attached hydrogen (secondary N) is 4. The van der Waals surface area contributed by atoms with Crippen molar-refractivity contribution >= 4 is 11.8 Å². The average molecular weight is 466 g/mol. The van der Waals surface area contributed by atoms with E-state index in [-0.39, 0.29) is 0 Å². The molecular formula is C24H47N7S. The maximum atomic E-state index is 3.91. The zero-order valence-corrected chi connectivity index (χ0v) is 21.5. The van der Waals surface area contributed by atoms with E-state index in [2.05, 4.69) is 76.3 Å². The summed E-state index contributed by atoms with van der Waals surface area (Å²) in [4.78, 5) is 2.42. The summed E-state index contributed by atoms with van der Waals surface area (Å²) in [5.74, 6) is 1.53. The average Bonchev–Trinajstić information content (AvgIpc) is 3.47. The number of rotatable bonds is 6. The summed E-state index contributed by atoms with van der Waals surface area (Å²) in [6.45, 7) is 4.86. The summed E-state index contributed by atoms with van der Waals surface area (Å²) in [6.07, 6.45) is 15.2. The predicted molar refractivity (Wildman–Crippen MR) is 133 cm³/mol. The van der Waals surface area contributed by atoms with Gasteiger partial charge >= 0.3 is 0 Å². The molecule has 6 unspecified atom stereocenters. The van der Waals surface area contributed by atoms with Gasteiger partial charge in [0.1, 0.15) is 5.50 Å². The molecule has 0 radical (unpaired) electrons. The Hall–Kier alpha value is 0.0700. The molecule has 2 aliphatic carbocycles. The highest BCUT2D eigenvalue weighted by Gasteiger charge is 2.46. The second-order valence-electron chi connectivity index (χ2n) is 11.4. The molecule has 5 fully saturated rings. The van der Waals surface area contributed by atoms with E-state index in [1.54, 1.807) is 0 Å². The third-order valence-corrected chi connectivity index (χ3v) is 10.6. The molecule has 7 nitrogen and oxygen atoms in total. The van der Waals surface area contributed by atoms with Gasteiger partial charge in [-0.2, -0.15) is 5.01 Å². The number of fused-ring (bicyclic) bond motifs is 1. The normalized spacial score (nSPS) is 44.5. The maximum absolute atomic E-state index is 3.91. The van der Waals surface area contributed by atoms with Crippen LogP contribution in [0.1, 0.15) is 84.5 Å². The summed E-state index contributed by atoms with van der Waals surface area (Å²) in [5.41, 5.74) is 15.3. The Kier molecular flexibility index (Phi) is 7.70. The molecule has 0 bridgehead atoms. The summed E-state index contributed by atoms with van der Waals surface area (Å²) in [6, 6.07) is 2.75. The molecule has 3 heterocycles. The van der Waals surface area contributed by atoms with Gasteiger partial charge in [-0.3, -0.25) is 5.43 Å². The molecule has 0 amide bonds. The number of thioether (sulfide) groups is 1. The molecule has 6 atom stereocenters. The van der Waals surface area contributed by atoms with E-state index in [9.17, 15) is 0 Å². The van der Waals surface area contributed by atoms with Crippen LogP contribution in [0.2, 0.25) is 0 Å². The Balaban J connectivity index is 1.11. The zero-order valence-electron chi connectivity index (χ0n) is 20.7. The predicted octanol–water partition coefficient (Wildman–Crippen LogP) is 3.03. The molecule has 0 aromatic carbocycles. The molecule has 0 spiro atoms. The van der Waals surface area contributed by atoms with Gasteiger partial charge in [0.25, 0.3) is 0 Å². The summed E-state index contributed by atoms with van der Waals surface area (Å²) in [7, 11) is 4.47. The molecule has 5 aliphatic rings. The quantitative estimate of drug-likeness (QED) is 0.478. The van der Waals surface area contributed by atoms with Gasteiger partial charge in [-0.25, -0.2) is 21.3 Å². The zero-order chi connectivity index (χ0) is 22.2. The fourth-order valence-electron chi connectivity index (χ4n) is 7.10. The number of hydrogen-bond acceptors (Lipinski definition) is 8. The lowest BCUT2D eigenvalue weighted by Gasteiger charge is -2.35. The molecule has 0 aromatic heterocycles. The second-order valence-corrected chi connectivity index (χ2v) is 12.6. The van der Waals surface area contributed by atoms with E-state index in [0.717, 1.165) is 23.9 Å². The van der Waals surface area contributed by atoms with Gasteiger partial charge in [-0.15, -0.1) is 11.8 Å². The fourth-order valence-corrected chi connectivity index (χ4v) is 8.53. The van der Waals surface area contributed by atoms with E-state index in [1.807, 2.05) is 0 Å².